The van der Waals surface area contributed by atoms with Crippen LogP contribution in [0.2, 0.25) is 0 Å². The normalized spacial score (nSPS) is 16.1. The SMILES string of the molecule is CN1C(C(=O)Nc2ccccn2)=C(O)c2ccccc2S1(=O)=O.Cc1cc2c(s1)C(O)=C(C(=O)Nc1ccccn1)N(C)S2(=O)=O.Cc1cnc(NC(=O)C2=C(O)c3ccccc3S(=O)(=O)N2C)s1. The first kappa shape index (κ1) is 49.3. The first-order chi connectivity index (χ1) is 32.6. The van der Waals surface area contributed by atoms with Crippen molar-refractivity contribution in [1.82, 2.24) is 27.9 Å². The second kappa shape index (κ2) is 19.2. The Morgan fingerprint density at radius 3 is 1.33 bits per heavy atom. The maximum Gasteiger partial charge on any atom is 0.278 e. The van der Waals surface area contributed by atoms with E-state index in [1.807, 2.05) is 6.92 Å². The van der Waals surface area contributed by atoms with Crippen LogP contribution in [0.1, 0.15) is 25.8 Å². The summed E-state index contributed by atoms with van der Waals surface area (Å²) in [6, 6.07) is 23.3. The second-order valence-corrected chi connectivity index (χ2v) is 22.9. The molecule has 0 bridgehead atoms. The average Bonchev–Trinajstić information content (AvgIpc) is 3.93. The van der Waals surface area contributed by atoms with E-state index < -0.39 is 53.6 Å². The number of anilines is 3. The molecule has 0 saturated carbocycles. The van der Waals surface area contributed by atoms with Crippen molar-refractivity contribution in [1.29, 1.82) is 0 Å². The van der Waals surface area contributed by atoms with E-state index >= 15 is 0 Å². The number of nitrogens with one attached hydrogen (secondary N) is 3. The number of fused-ring (bicyclic) bond motifs is 3. The van der Waals surface area contributed by atoms with E-state index in [-0.39, 0.29) is 70.9 Å². The zero-order valence-electron chi connectivity index (χ0n) is 36.6. The number of hydrogen-bond acceptors (Lipinski definition) is 17. The molecule has 6 N–H and O–H groups in total. The minimum absolute atomic E-state index is 0.00869. The first-order valence-corrected chi connectivity index (χ1v) is 25.8. The molecule has 9 rings (SSSR count). The molecule has 0 aliphatic carbocycles. The number of benzene rings is 2. The number of sulfonamides is 3. The lowest BCUT2D eigenvalue weighted by atomic mass is 10.1. The maximum atomic E-state index is 12.5. The summed E-state index contributed by atoms with van der Waals surface area (Å²) < 4.78 is 77.4. The third-order valence-electron chi connectivity index (χ3n) is 10.2. The molecule has 4 aromatic heterocycles. The van der Waals surface area contributed by atoms with Gasteiger partial charge in [-0.25, -0.2) is 40.2 Å². The number of aryl methyl sites for hydroxylation is 2. The molecule has 6 aromatic rings. The quantitative estimate of drug-likeness (QED) is 0.120. The molecule has 0 unspecified atom stereocenters. The molecule has 2 aromatic carbocycles. The summed E-state index contributed by atoms with van der Waals surface area (Å²) in [5.74, 6) is -2.87. The Bertz CT molecular complexity index is 3490. The van der Waals surface area contributed by atoms with Crippen molar-refractivity contribution >= 4 is 105 Å². The van der Waals surface area contributed by atoms with Gasteiger partial charge in [0.15, 0.2) is 39.5 Å². The summed E-state index contributed by atoms with van der Waals surface area (Å²) >= 11 is 2.37. The highest BCUT2D eigenvalue weighted by atomic mass is 32.2. The molecule has 3 aliphatic heterocycles. The third kappa shape index (κ3) is 9.46. The lowest BCUT2D eigenvalue weighted by Crippen LogP contribution is -2.37. The molecule has 26 heteroatoms. The van der Waals surface area contributed by atoms with E-state index in [1.165, 1.54) is 75.2 Å². The van der Waals surface area contributed by atoms with Gasteiger partial charge in [0.05, 0.1) is 14.7 Å². The number of carbonyl (C=O) groups excluding carboxylic acids is 3. The van der Waals surface area contributed by atoms with Crippen molar-refractivity contribution < 1.29 is 55.0 Å². The highest BCUT2D eigenvalue weighted by Crippen LogP contribution is 2.40. The molecule has 21 nitrogen and oxygen atoms in total. The van der Waals surface area contributed by atoms with Gasteiger partial charge in [-0.1, -0.05) is 36.4 Å². The van der Waals surface area contributed by atoms with Gasteiger partial charge >= 0.3 is 0 Å². The zero-order chi connectivity index (χ0) is 50.2. The van der Waals surface area contributed by atoms with Crippen LogP contribution in [0.3, 0.4) is 0 Å². The van der Waals surface area contributed by atoms with Gasteiger partial charge in [-0.2, -0.15) is 0 Å². The topological polar surface area (TPSA) is 299 Å². The number of nitrogens with zero attached hydrogens (tertiary/aromatic N) is 6. The van der Waals surface area contributed by atoms with Gasteiger partial charge in [-0.3, -0.25) is 32.6 Å². The predicted octanol–water partition coefficient (Wildman–Crippen LogP) is 5.48. The molecule has 0 atom stereocenters. The van der Waals surface area contributed by atoms with Crippen LogP contribution in [0.25, 0.3) is 17.3 Å². The molecular formula is C43H39N9O12S5. The number of carbonyl (C=O) groups is 3. The zero-order valence-corrected chi connectivity index (χ0v) is 40.7. The Labute approximate surface area is 403 Å². The molecule has 358 valence electrons. The van der Waals surface area contributed by atoms with Gasteiger partial charge in [0.1, 0.15) is 16.5 Å². The van der Waals surface area contributed by atoms with Crippen LogP contribution in [0, 0.1) is 13.8 Å². The van der Waals surface area contributed by atoms with Gasteiger partial charge in [0.2, 0.25) is 0 Å². The summed E-state index contributed by atoms with van der Waals surface area (Å²) in [7, 11) is -8.00. The van der Waals surface area contributed by atoms with Crippen LogP contribution in [-0.2, 0) is 44.5 Å². The number of aromatic nitrogens is 3. The Kier molecular flexibility index (Phi) is 13.7. The molecule has 0 saturated heterocycles. The van der Waals surface area contributed by atoms with Gasteiger partial charge < -0.3 is 26.0 Å². The van der Waals surface area contributed by atoms with Gasteiger partial charge in [-0.05, 0) is 68.4 Å². The van der Waals surface area contributed by atoms with Crippen molar-refractivity contribution in [2.45, 2.75) is 28.5 Å². The van der Waals surface area contributed by atoms with E-state index in [0.29, 0.717) is 5.13 Å². The molecule has 0 spiro atoms. The van der Waals surface area contributed by atoms with E-state index in [2.05, 4.69) is 30.9 Å². The smallest absolute Gasteiger partial charge is 0.278 e. The number of thiazole rings is 1. The number of aliphatic hydroxyl groups excluding tert-OH is 3. The largest absolute Gasteiger partial charge is 0.505 e. The molecule has 0 fully saturated rings. The standard InChI is InChI=1S/C15H13N3O4S.2C14H13N3O4S2/c1-18-13(15(20)17-12-8-4-5-9-16-12)14(19)10-6-2-3-7-11(10)23(18,21)22;1-8-7-9-13(22-8)12(18)11(17(2)23(9,20)21)14(19)16-10-5-3-4-6-15-10;1-8-7-15-14(22-8)16-13(19)11-12(18)9-5-3-4-6-10(9)23(20,21)17(11)2/h2-9,19H,1H3,(H,16,17,20);2*3-7,18H,1-2H3,(H,15,16,19). The number of rotatable bonds is 6. The van der Waals surface area contributed by atoms with Crippen molar-refractivity contribution in [3.05, 3.63) is 152 Å². The molecule has 7 heterocycles. The summed E-state index contributed by atoms with van der Waals surface area (Å²) in [5.41, 5.74) is -0.821. The van der Waals surface area contributed by atoms with Crippen LogP contribution >= 0.6 is 22.7 Å². The van der Waals surface area contributed by atoms with Crippen LogP contribution in [0.5, 0.6) is 0 Å². The first-order valence-electron chi connectivity index (χ1n) is 19.8. The fourth-order valence-corrected chi connectivity index (χ4v) is 13.0. The highest BCUT2D eigenvalue weighted by molar-refractivity contribution is 7.90. The minimum Gasteiger partial charge on any atom is -0.505 e. The maximum absolute atomic E-state index is 12.5. The van der Waals surface area contributed by atoms with Crippen molar-refractivity contribution in [3.63, 3.8) is 0 Å². The van der Waals surface area contributed by atoms with Crippen LogP contribution < -0.4 is 16.0 Å². The lowest BCUT2D eigenvalue weighted by molar-refractivity contribution is -0.114. The van der Waals surface area contributed by atoms with Gasteiger partial charge in [-0.15, -0.1) is 22.7 Å². The second-order valence-electron chi connectivity index (χ2n) is 14.6. The molecular weight excluding hydrogens is 995 g/mol. The molecule has 0 radical (unpaired) electrons. The van der Waals surface area contributed by atoms with Crippen molar-refractivity contribution in [2.24, 2.45) is 0 Å². The number of likely N-dealkylation sites (N-methyl/N-ethyl adjacent to an activating group) is 3. The van der Waals surface area contributed by atoms with Gasteiger partial charge in [0, 0.05) is 60.6 Å². The number of amides is 3. The Balaban J connectivity index is 0.000000153. The predicted molar refractivity (Wildman–Crippen MR) is 257 cm³/mol. The van der Waals surface area contributed by atoms with E-state index in [9.17, 15) is 55.0 Å². The number of pyridine rings is 2. The van der Waals surface area contributed by atoms with Gasteiger partial charge in [0.25, 0.3) is 47.8 Å². The average molecular weight is 1030 g/mol. The summed E-state index contributed by atoms with van der Waals surface area (Å²) in [4.78, 5) is 50.9. The number of hydrogen-bond donors (Lipinski definition) is 6. The molecule has 3 aliphatic rings. The fourth-order valence-electron chi connectivity index (χ4n) is 6.78. The Morgan fingerprint density at radius 1 is 0.507 bits per heavy atom. The Morgan fingerprint density at radius 2 is 0.913 bits per heavy atom. The highest BCUT2D eigenvalue weighted by Gasteiger charge is 2.41. The van der Waals surface area contributed by atoms with E-state index in [1.54, 1.807) is 73.8 Å². The minimum atomic E-state index is -3.91. The van der Waals surface area contributed by atoms with E-state index in [0.717, 1.165) is 34.0 Å². The summed E-state index contributed by atoms with van der Waals surface area (Å²) in [5, 5.41) is 38.9. The molecule has 3 amide bonds. The van der Waals surface area contributed by atoms with Crippen LogP contribution in [0.15, 0.2) is 141 Å². The van der Waals surface area contributed by atoms with Crippen molar-refractivity contribution in [3.8, 4) is 0 Å². The molecule has 69 heavy (non-hydrogen) atoms. The Hall–Kier alpha value is -7.65. The number of aliphatic hydroxyl groups is 3. The summed E-state index contributed by atoms with van der Waals surface area (Å²) in [6.45, 7) is 3.57. The fraction of sp³-hybridized carbons (Fsp3) is 0.116. The van der Waals surface area contributed by atoms with Crippen molar-refractivity contribution in [2.75, 3.05) is 37.1 Å². The third-order valence-corrected chi connectivity index (χ3v) is 17.6. The number of thiophene rings is 1. The van der Waals surface area contributed by atoms with Crippen LogP contribution in [0.4, 0.5) is 16.8 Å². The summed E-state index contributed by atoms with van der Waals surface area (Å²) in [6.07, 6.45) is 4.57. The lowest BCUT2D eigenvalue weighted by Gasteiger charge is -2.28. The monoisotopic (exact) mass is 1030 g/mol. The van der Waals surface area contributed by atoms with E-state index in [4.69, 9.17) is 0 Å². The van der Waals surface area contributed by atoms with Crippen LogP contribution in [-0.4, -0.2) is 107 Å².